The van der Waals surface area contributed by atoms with Crippen molar-refractivity contribution in [2.45, 2.75) is 25.7 Å². The predicted molar refractivity (Wildman–Crippen MR) is 105 cm³/mol. The summed E-state index contributed by atoms with van der Waals surface area (Å²) >= 11 is 6.17. The Morgan fingerprint density at radius 3 is 2.88 bits per heavy atom. The second-order valence-corrected chi connectivity index (χ2v) is 7.79. The summed E-state index contributed by atoms with van der Waals surface area (Å²) in [6, 6.07) is 5.84. The lowest BCUT2D eigenvalue weighted by molar-refractivity contribution is -0.132. The largest absolute Gasteiger partial charge is 0.496 e. The molecule has 0 bridgehead atoms. The van der Waals surface area contributed by atoms with Crippen LogP contribution in [0.15, 0.2) is 18.2 Å². The molecule has 3 rings (SSSR count). The number of halogens is 1. The van der Waals surface area contributed by atoms with Gasteiger partial charge in [-0.2, -0.15) is 0 Å². The van der Waals surface area contributed by atoms with Crippen LogP contribution >= 0.6 is 11.6 Å². The first-order valence-electron chi connectivity index (χ1n) is 9.69. The number of carbonyl (C=O) groups excluding carboxylic acids is 1. The minimum absolute atomic E-state index is 0.296. The fraction of sp³-hybridized carbons (Fsp3) is 0.650. The molecule has 0 radical (unpaired) electrons. The van der Waals surface area contributed by atoms with E-state index in [1.807, 2.05) is 23.1 Å². The number of carbonyl (C=O) groups is 1. The molecule has 0 spiro atoms. The van der Waals surface area contributed by atoms with Crippen molar-refractivity contribution in [1.82, 2.24) is 15.1 Å². The van der Waals surface area contributed by atoms with Gasteiger partial charge < -0.3 is 19.9 Å². The number of nitrogens with zero attached hydrogens (tertiary/aromatic N) is 2. The molecule has 2 aliphatic heterocycles. The van der Waals surface area contributed by atoms with E-state index in [9.17, 15) is 4.79 Å². The van der Waals surface area contributed by atoms with E-state index >= 15 is 0 Å². The maximum atomic E-state index is 12.4. The number of likely N-dealkylation sites (tertiary alicyclic amines) is 1. The Bertz CT molecular complexity index is 605. The van der Waals surface area contributed by atoms with Gasteiger partial charge >= 0.3 is 0 Å². The molecule has 1 atom stereocenters. The first-order chi connectivity index (χ1) is 12.7. The molecular weight excluding hydrogens is 350 g/mol. The zero-order valence-corrected chi connectivity index (χ0v) is 16.4. The Morgan fingerprint density at radius 1 is 1.31 bits per heavy atom. The minimum atomic E-state index is 0.296. The SMILES string of the molecule is COc1ccc(Cl)cc1CC1CCCN(CCC(=O)N2CCNCC2)C1. The average Bonchev–Trinajstić information content (AvgIpc) is 2.67. The Kier molecular flexibility index (Phi) is 7.17. The second-order valence-electron chi connectivity index (χ2n) is 7.35. The number of amides is 1. The van der Waals surface area contributed by atoms with Crippen molar-refractivity contribution in [2.75, 3.05) is 52.9 Å². The van der Waals surface area contributed by atoms with Gasteiger partial charge in [0.2, 0.25) is 5.91 Å². The second kappa shape index (κ2) is 9.58. The quantitative estimate of drug-likeness (QED) is 0.824. The number of piperidine rings is 1. The van der Waals surface area contributed by atoms with Crippen molar-refractivity contribution in [3.8, 4) is 5.75 Å². The zero-order chi connectivity index (χ0) is 18.4. The van der Waals surface area contributed by atoms with Crippen LogP contribution in [0.4, 0.5) is 0 Å². The average molecular weight is 380 g/mol. The predicted octanol–water partition coefficient (Wildman–Crippen LogP) is 2.42. The van der Waals surface area contributed by atoms with Crippen molar-refractivity contribution >= 4 is 17.5 Å². The normalized spacial score (nSPS) is 21.6. The maximum absolute atomic E-state index is 12.4. The lowest BCUT2D eigenvalue weighted by Crippen LogP contribution is -2.47. The summed E-state index contributed by atoms with van der Waals surface area (Å²) < 4.78 is 5.49. The van der Waals surface area contributed by atoms with Crippen molar-refractivity contribution < 1.29 is 9.53 Å². The van der Waals surface area contributed by atoms with Crippen LogP contribution in [0.1, 0.15) is 24.8 Å². The molecule has 144 valence electrons. The van der Waals surface area contributed by atoms with Crippen molar-refractivity contribution in [3.63, 3.8) is 0 Å². The Hall–Kier alpha value is -1.30. The van der Waals surface area contributed by atoms with E-state index in [1.54, 1.807) is 7.11 Å². The lowest BCUT2D eigenvalue weighted by atomic mass is 9.91. The van der Waals surface area contributed by atoms with Crippen LogP contribution < -0.4 is 10.1 Å². The molecule has 0 saturated carbocycles. The van der Waals surface area contributed by atoms with Gasteiger partial charge in [-0.25, -0.2) is 0 Å². The Morgan fingerprint density at radius 2 is 2.12 bits per heavy atom. The molecule has 6 heteroatoms. The van der Waals surface area contributed by atoms with E-state index in [-0.39, 0.29) is 0 Å². The van der Waals surface area contributed by atoms with Crippen LogP contribution in [0, 0.1) is 5.92 Å². The fourth-order valence-electron chi connectivity index (χ4n) is 4.06. The monoisotopic (exact) mass is 379 g/mol. The summed E-state index contributed by atoms with van der Waals surface area (Å²) in [4.78, 5) is 16.8. The molecular formula is C20H30ClN3O2. The maximum Gasteiger partial charge on any atom is 0.223 e. The molecule has 1 aromatic rings. The zero-order valence-electron chi connectivity index (χ0n) is 15.7. The number of rotatable bonds is 6. The van der Waals surface area contributed by atoms with Gasteiger partial charge in [0, 0.05) is 50.7 Å². The summed E-state index contributed by atoms with van der Waals surface area (Å²) in [6.07, 6.45) is 4.02. The standard InChI is InChI=1S/C20H30ClN3O2/c1-26-19-5-4-18(21)14-17(19)13-16-3-2-9-23(15-16)10-6-20(25)24-11-7-22-8-12-24/h4-5,14,16,22H,2-3,6-13,15H2,1H3. The van der Waals surface area contributed by atoms with Gasteiger partial charge in [-0.05, 0) is 55.5 Å². The van der Waals surface area contributed by atoms with Gasteiger partial charge in [-0.1, -0.05) is 11.6 Å². The van der Waals surface area contributed by atoms with Crippen LogP contribution in [-0.4, -0.2) is 68.6 Å². The van der Waals surface area contributed by atoms with Gasteiger partial charge in [-0.3, -0.25) is 4.79 Å². The topological polar surface area (TPSA) is 44.8 Å². The molecule has 1 aromatic carbocycles. The van der Waals surface area contributed by atoms with Gasteiger partial charge in [-0.15, -0.1) is 0 Å². The van der Waals surface area contributed by atoms with E-state index in [0.717, 1.165) is 63.0 Å². The van der Waals surface area contributed by atoms with Crippen molar-refractivity contribution in [1.29, 1.82) is 0 Å². The first kappa shape index (κ1) is 19.5. The van der Waals surface area contributed by atoms with E-state index in [2.05, 4.69) is 10.2 Å². The summed E-state index contributed by atoms with van der Waals surface area (Å²) in [7, 11) is 1.71. The molecule has 2 heterocycles. The van der Waals surface area contributed by atoms with Crippen LogP contribution in [0.3, 0.4) is 0 Å². The summed E-state index contributed by atoms with van der Waals surface area (Å²) in [5, 5.41) is 4.05. The number of hydrogen-bond donors (Lipinski definition) is 1. The number of benzene rings is 1. The smallest absolute Gasteiger partial charge is 0.223 e. The third-order valence-corrected chi connectivity index (χ3v) is 5.70. The first-order valence-corrected chi connectivity index (χ1v) is 10.1. The van der Waals surface area contributed by atoms with Crippen molar-refractivity contribution in [3.05, 3.63) is 28.8 Å². The highest BCUT2D eigenvalue weighted by Gasteiger charge is 2.23. The molecule has 1 amide bonds. The number of ether oxygens (including phenoxy) is 1. The lowest BCUT2D eigenvalue weighted by Gasteiger charge is -2.34. The summed E-state index contributed by atoms with van der Waals surface area (Å²) in [5.74, 6) is 1.80. The van der Waals surface area contributed by atoms with Crippen LogP contribution in [0.2, 0.25) is 5.02 Å². The molecule has 1 N–H and O–H groups in total. The summed E-state index contributed by atoms with van der Waals surface area (Å²) in [6.45, 7) is 6.53. The minimum Gasteiger partial charge on any atom is -0.496 e. The molecule has 2 saturated heterocycles. The number of hydrogen-bond acceptors (Lipinski definition) is 4. The van der Waals surface area contributed by atoms with Crippen LogP contribution in [0.25, 0.3) is 0 Å². The fourth-order valence-corrected chi connectivity index (χ4v) is 4.26. The molecule has 26 heavy (non-hydrogen) atoms. The molecule has 0 aliphatic carbocycles. The highest BCUT2D eigenvalue weighted by atomic mass is 35.5. The molecule has 0 aromatic heterocycles. The van der Waals surface area contributed by atoms with E-state index in [4.69, 9.17) is 16.3 Å². The van der Waals surface area contributed by atoms with Crippen molar-refractivity contribution in [2.24, 2.45) is 5.92 Å². The third-order valence-electron chi connectivity index (χ3n) is 5.47. The van der Waals surface area contributed by atoms with E-state index < -0.39 is 0 Å². The highest BCUT2D eigenvalue weighted by molar-refractivity contribution is 6.30. The van der Waals surface area contributed by atoms with E-state index in [0.29, 0.717) is 18.2 Å². The number of piperazine rings is 1. The van der Waals surface area contributed by atoms with E-state index in [1.165, 1.54) is 18.4 Å². The number of nitrogens with one attached hydrogen (secondary N) is 1. The molecule has 2 aliphatic rings. The van der Waals surface area contributed by atoms with Crippen LogP contribution in [0.5, 0.6) is 5.75 Å². The van der Waals surface area contributed by atoms with Gasteiger partial charge in [0.05, 0.1) is 7.11 Å². The van der Waals surface area contributed by atoms with Gasteiger partial charge in [0.1, 0.15) is 5.75 Å². The highest BCUT2D eigenvalue weighted by Crippen LogP contribution is 2.28. The van der Waals surface area contributed by atoms with Gasteiger partial charge in [0.15, 0.2) is 0 Å². The molecule has 1 unspecified atom stereocenters. The summed E-state index contributed by atoms with van der Waals surface area (Å²) in [5.41, 5.74) is 1.18. The molecule has 5 nitrogen and oxygen atoms in total. The molecule has 2 fully saturated rings. The van der Waals surface area contributed by atoms with Gasteiger partial charge in [0.25, 0.3) is 0 Å². The third kappa shape index (κ3) is 5.35. The Labute approximate surface area is 161 Å². The Balaban J connectivity index is 1.49. The number of methoxy groups -OCH3 is 1. The van der Waals surface area contributed by atoms with Crippen LogP contribution in [-0.2, 0) is 11.2 Å².